The molecule has 0 aliphatic rings. The van der Waals surface area contributed by atoms with Crippen LogP contribution in [-0.4, -0.2) is 32.2 Å². The van der Waals surface area contributed by atoms with Crippen LogP contribution in [-0.2, 0) is 13.2 Å². The van der Waals surface area contributed by atoms with Crippen molar-refractivity contribution in [3.05, 3.63) is 57.3 Å². The van der Waals surface area contributed by atoms with Gasteiger partial charge < -0.3 is 10.2 Å². The first-order chi connectivity index (χ1) is 13.8. The number of halogens is 1. The Bertz CT molecular complexity index is 1030. The van der Waals surface area contributed by atoms with Crippen LogP contribution in [0.25, 0.3) is 22.4 Å². The van der Waals surface area contributed by atoms with E-state index in [-0.39, 0.29) is 12.3 Å². The maximum Gasteiger partial charge on any atom is 0.357 e. The minimum absolute atomic E-state index is 0.0274. The van der Waals surface area contributed by atoms with Crippen molar-refractivity contribution in [1.82, 2.24) is 9.78 Å². The molecule has 3 aromatic rings. The van der Waals surface area contributed by atoms with Crippen molar-refractivity contribution < 1.29 is 15.0 Å². The summed E-state index contributed by atoms with van der Waals surface area (Å²) in [5, 5.41) is 23.3. The number of aliphatic hydroxyl groups is 1. The second kappa shape index (κ2) is 9.32. The highest BCUT2D eigenvalue weighted by molar-refractivity contribution is 14.1. The molecule has 0 bridgehead atoms. The fourth-order valence-corrected chi connectivity index (χ4v) is 4.77. The molecule has 0 unspecified atom stereocenters. The van der Waals surface area contributed by atoms with Gasteiger partial charge in [0.2, 0.25) is 0 Å². The highest BCUT2D eigenvalue weighted by Gasteiger charge is 2.22. The number of benzene rings is 2. The van der Waals surface area contributed by atoms with Crippen LogP contribution in [0.1, 0.15) is 29.9 Å². The zero-order valence-corrected chi connectivity index (χ0v) is 19.5. The van der Waals surface area contributed by atoms with Gasteiger partial charge in [0.25, 0.3) is 0 Å². The molecule has 7 heteroatoms. The number of carboxylic acids is 1. The van der Waals surface area contributed by atoms with E-state index in [1.807, 2.05) is 42.7 Å². The molecule has 5 nitrogen and oxygen atoms in total. The van der Waals surface area contributed by atoms with Gasteiger partial charge in [0, 0.05) is 17.0 Å². The lowest BCUT2D eigenvalue weighted by atomic mass is 10.0. The van der Waals surface area contributed by atoms with Crippen LogP contribution >= 0.6 is 34.4 Å². The standard InChI is InChI=1S/C22H23IN2O3S/c1-13(2)11-25-21(19(23)20(24-25)22(27)28)15-6-4-14(5-7-15)16-8-9-17(12-26)18(10-16)29-3/h4-10,13,26H,11-12H2,1-3H3,(H,27,28). The summed E-state index contributed by atoms with van der Waals surface area (Å²) in [7, 11) is 0. The summed E-state index contributed by atoms with van der Waals surface area (Å²) in [5.41, 5.74) is 4.94. The lowest BCUT2D eigenvalue weighted by Crippen LogP contribution is -2.09. The number of aromatic carboxylic acids is 1. The summed E-state index contributed by atoms with van der Waals surface area (Å²) < 4.78 is 2.45. The van der Waals surface area contributed by atoms with E-state index in [4.69, 9.17) is 0 Å². The number of hydrogen-bond acceptors (Lipinski definition) is 4. The number of carboxylic acid groups (broad SMARTS) is 1. The van der Waals surface area contributed by atoms with E-state index in [0.717, 1.165) is 32.8 Å². The molecule has 2 N–H and O–H groups in total. The van der Waals surface area contributed by atoms with E-state index in [9.17, 15) is 15.0 Å². The fourth-order valence-electron chi connectivity index (χ4n) is 3.21. The summed E-state index contributed by atoms with van der Waals surface area (Å²) in [5.74, 6) is -0.663. The molecule has 2 aromatic carbocycles. The normalized spacial score (nSPS) is 11.2. The fraction of sp³-hybridized carbons (Fsp3) is 0.273. The first kappa shape index (κ1) is 21.9. The van der Waals surface area contributed by atoms with Crippen LogP contribution in [0.4, 0.5) is 0 Å². The summed E-state index contributed by atoms with van der Waals surface area (Å²) >= 11 is 3.69. The third kappa shape index (κ3) is 4.67. The molecule has 152 valence electrons. The lowest BCUT2D eigenvalue weighted by Gasteiger charge is -2.12. The van der Waals surface area contributed by atoms with Crippen LogP contribution < -0.4 is 0 Å². The molecule has 1 heterocycles. The van der Waals surface area contributed by atoms with E-state index in [1.54, 1.807) is 16.4 Å². The Morgan fingerprint density at radius 1 is 1.14 bits per heavy atom. The van der Waals surface area contributed by atoms with E-state index >= 15 is 0 Å². The number of carbonyl (C=O) groups is 1. The number of nitrogens with zero attached hydrogens (tertiary/aromatic N) is 2. The molecule has 0 amide bonds. The number of hydrogen-bond donors (Lipinski definition) is 2. The summed E-state index contributed by atoms with van der Waals surface area (Å²) in [6.45, 7) is 4.85. The van der Waals surface area contributed by atoms with Crippen molar-refractivity contribution >= 4 is 40.3 Å². The monoisotopic (exact) mass is 522 g/mol. The van der Waals surface area contributed by atoms with Crippen molar-refractivity contribution in [2.24, 2.45) is 5.92 Å². The van der Waals surface area contributed by atoms with E-state index in [0.29, 0.717) is 16.0 Å². The molecule has 0 atom stereocenters. The van der Waals surface area contributed by atoms with Crippen molar-refractivity contribution in [3.63, 3.8) is 0 Å². The van der Waals surface area contributed by atoms with Crippen LogP contribution in [0, 0.1) is 9.49 Å². The zero-order chi connectivity index (χ0) is 21.1. The lowest BCUT2D eigenvalue weighted by molar-refractivity contribution is 0.0688. The maximum atomic E-state index is 11.6. The number of aliphatic hydroxyl groups excluding tert-OH is 1. The minimum Gasteiger partial charge on any atom is -0.476 e. The highest BCUT2D eigenvalue weighted by Crippen LogP contribution is 2.32. The molecule has 0 radical (unpaired) electrons. The molecule has 0 spiro atoms. The van der Waals surface area contributed by atoms with Crippen LogP contribution in [0.15, 0.2) is 47.4 Å². The summed E-state index contributed by atoms with van der Waals surface area (Å²) in [4.78, 5) is 12.6. The van der Waals surface area contributed by atoms with Crippen molar-refractivity contribution in [1.29, 1.82) is 0 Å². The first-order valence-electron chi connectivity index (χ1n) is 9.23. The Morgan fingerprint density at radius 3 is 2.31 bits per heavy atom. The van der Waals surface area contributed by atoms with Gasteiger partial charge in [0.1, 0.15) is 0 Å². The number of thioether (sulfide) groups is 1. The van der Waals surface area contributed by atoms with E-state index in [2.05, 4.69) is 47.6 Å². The quantitative estimate of drug-likeness (QED) is 0.322. The molecule has 1 aromatic heterocycles. The third-order valence-electron chi connectivity index (χ3n) is 4.58. The van der Waals surface area contributed by atoms with Gasteiger partial charge >= 0.3 is 5.97 Å². The SMILES string of the molecule is CSc1cc(-c2ccc(-c3c(I)c(C(=O)O)nn3CC(C)C)cc2)ccc1CO. The molecule has 0 saturated heterocycles. The largest absolute Gasteiger partial charge is 0.476 e. The van der Waals surface area contributed by atoms with Crippen LogP contribution in [0.3, 0.4) is 0 Å². The Balaban J connectivity index is 2.02. The van der Waals surface area contributed by atoms with Gasteiger partial charge in [-0.2, -0.15) is 5.10 Å². The second-order valence-corrected chi connectivity index (χ2v) is 9.08. The van der Waals surface area contributed by atoms with E-state index < -0.39 is 5.97 Å². The number of rotatable bonds is 7. The molecule has 29 heavy (non-hydrogen) atoms. The Kier molecular flexibility index (Phi) is 7.02. The Morgan fingerprint density at radius 2 is 1.76 bits per heavy atom. The Hall–Kier alpha value is -1.84. The predicted molar refractivity (Wildman–Crippen MR) is 125 cm³/mol. The van der Waals surface area contributed by atoms with Gasteiger partial charge in [0.15, 0.2) is 5.69 Å². The average Bonchev–Trinajstić information content (AvgIpc) is 3.03. The zero-order valence-electron chi connectivity index (χ0n) is 16.5. The number of aromatic nitrogens is 2. The van der Waals surface area contributed by atoms with Gasteiger partial charge in [-0.15, -0.1) is 11.8 Å². The molecule has 0 fully saturated rings. The molecule has 0 aliphatic carbocycles. The van der Waals surface area contributed by atoms with Gasteiger partial charge in [-0.3, -0.25) is 4.68 Å². The second-order valence-electron chi connectivity index (χ2n) is 7.15. The molecule has 0 aliphatic heterocycles. The topological polar surface area (TPSA) is 75.3 Å². The molecule has 3 rings (SSSR count). The van der Waals surface area contributed by atoms with E-state index in [1.165, 1.54) is 0 Å². The highest BCUT2D eigenvalue weighted by atomic mass is 127. The summed E-state index contributed by atoms with van der Waals surface area (Å²) in [6, 6.07) is 14.1. The van der Waals surface area contributed by atoms with Gasteiger partial charge in [0.05, 0.1) is 15.9 Å². The molecular weight excluding hydrogens is 499 g/mol. The van der Waals surface area contributed by atoms with Gasteiger partial charge in [-0.05, 0) is 57.5 Å². The average molecular weight is 522 g/mol. The predicted octanol–water partition coefficient (Wildman–Crippen LogP) is 5.39. The first-order valence-corrected chi connectivity index (χ1v) is 11.5. The van der Waals surface area contributed by atoms with Gasteiger partial charge in [-0.1, -0.05) is 50.2 Å². The van der Waals surface area contributed by atoms with Crippen LogP contribution in [0.2, 0.25) is 0 Å². The summed E-state index contributed by atoms with van der Waals surface area (Å²) in [6.07, 6.45) is 2.00. The smallest absolute Gasteiger partial charge is 0.357 e. The third-order valence-corrected chi connectivity index (χ3v) is 6.43. The minimum atomic E-state index is -1.01. The molecule has 0 saturated carbocycles. The maximum absolute atomic E-state index is 11.6. The van der Waals surface area contributed by atoms with Crippen molar-refractivity contribution in [2.75, 3.05) is 6.26 Å². The molecular formula is C22H23IN2O3S. The Labute approximate surface area is 188 Å². The van der Waals surface area contributed by atoms with Gasteiger partial charge in [-0.25, -0.2) is 4.79 Å². The van der Waals surface area contributed by atoms with Crippen molar-refractivity contribution in [2.45, 2.75) is 31.9 Å². The van der Waals surface area contributed by atoms with Crippen LogP contribution in [0.5, 0.6) is 0 Å². The van der Waals surface area contributed by atoms with Crippen molar-refractivity contribution in [3.8, 4) is 22.4 Å².